The number of phenols is 3. The number of nitrogens with one attached hydrogen (secondary N) is 1. The molecule has 2 rings (SSSR count). The Kier molecular flexibility index (Phi) is 2.21. The molecule has 15 heavy (non-hydrogen) atoms. The Morgan fingerprint density at radius 1 is 1.13 bits per heavy atom. The normalized spacial score (nSPS) is 18.5. The minimum Gasteiger partial charge on any atom is -0.508 e. The summed E-state index contributed by atoms with van der Waals surface area (Å²) in [6.45, 7) is 0.875. The topological polar surface area (TPSA) is 93.0 Å². The van der Waals surface area contributed by atoms with E-state index in [1.807, 2.05) is 0 Å². The van der Waals surface area contributed by atoms with E-state index in [9.17, 15) is 15.3 Å². The summed E-state index contributed by atoms with van der Waals surface area (Å²) in [5.74, 6) is -0.604. The quantitative estimate of drug-likeness (QED) is 0.462. The molecule has 0 saturated carbocycles. The molecule has 0 unspecified atom stereocenters. The van der Waals surface area contributed by atoms with Crippen LogP contribution in [0.3, 0.4) is 0 Å². The van der Waals surface area contributed by atoms with E-state index in [0.29, 0.717) is 13.1 Å². The molecule has 5 heteroatoms. The Balaban J connectivity index is 2.28. The van der Waals surface area contributed by atoms with Gasteiger partial charge in [0.1, 0.15) is 17.2 Å². The maximum absolute atomic E-state index is 9.83. The first-order chi connectivity index (χ1) is 7.00. The molecule has 1 saturated heterocycles. The van der Waals surface area contributed by atoms with E-state index in [1.54, 1.807) is 0 Å². The third-order valence-electron chi connectivity index (χ3n) is 2.60. The van der Waals surface area contributed by atoms with E-state index < -0.39 is 5.60 Å². The maximum Gasteiger partial charge on any atom is 0.126 e. The average molecular weight is 211 g/mol. The zero-order valence-corrected chi connectivity index (χ0v) is 8.06. The molecule has 0 spiro atoms. The molecule has 0 aromatic heterocycles. The summed E-state index contributed by atoms with van der Waals surface area (Å²) >= 11 is 0. The first-order valence-electron chi connectivity index (χ1n) is 4.67. The van der Waals surface area contributed by atoms with Crippen LogP contribution in [0.2, 0.25) is 0 Å². The monoisotopic (exact) mass is 211 g/mol. The number of aromatic hydroxyl groups is 3. The fourth-order valence-electron chi connectivity index (χ4n) is 1.68. The minimum absolute atomic E-state index is 0.165. The summed E-state index contributed by atoms with van der Waals surface area (Å²) in [6.07, 6.45) is 0.165. The highest BCUT2D eigenvalue weighted by Crippen LogP contribution is 2.35. The summed E-state index contributed by atoms with van der Waals surface area (Å²) in [5, 5.41) is 40.8. The van der Waals surface area contributed by atoms with E-state index in [0.717, 1.165) is 12.1 Å². The average Bonchev–Trinajstić information content (AvgIpc) is 2.08. The maximum atomic E-state index is 9.83. The van der Waals surface area contributed by atoms with Crippen molar-refractivity contribution in [1.29, 1.82) is 0 Å². The lowest BCUT2D eigenvalue weighted by Gasteiger charge is -2.37. The van der Waals surface area contributed by atoms with Crippen molar-refractivity contribution in [1.82, 2.24) is 5.32 Å². The fourth-order valence-corrected chi connectivity index (χ4v) is 1.68. The van der Waals surface area contributed by atoms with Crippen LogP contribution in [0.4, 0.5) is 0 Å². The second kappa shape index (κ2) is 3.29. The van der Waals surface area contributed by atoms with E-state index >= 15 is 0 Å². The van der Waals surface area contributed by atoms with Crippen molar-refractivity contribution >= 4 is 0 Å². The molecular weight excluding hydrogens is 198 g/mol. The van der Waals surface area contributed by atoms with Crippen LogP contribution < -0.4 is 5.32 Å². The minimum atomic E-state index is -0.911. The van der Waals surface area contributed by atoms with Crippen molar-refractivity contribution in [3.8, 4) is 17.2 Å². The molecule has 5 N–H and O–H groups in total. The van der Waals surface area contributed by atoms with Gasteiger partial charge in [0.2, 0.25) is 0 Å². The summed E-state index contributed by atoms with van der Waals surface area (Å²) in [4.78, 5) is 0. The van der Waals surface area contributed by atoms with Gasteiger partial charge in [0.25, 0.3) is 0 Å². The molecule has 0 amide bonds. The van der Waals surface area contributed by atoms with Crippen molar-refractivity contribution in [2.24, 2.45) is 0 Å². The molecule has 1 aliphatic rings. The van der Waals surface area contributed by atoms with Crippen molar-refractivity contribution < 1.29 is 20.4 Å². The first kappa shape index (κ1) is 10.1. The molecule has 1 aliphatic heterocycles. The van der Waals surface area contributed by atoms with Crippen molar-refractivity contribution in [2.75, 3.05) is 13.1 Å². The van der Waals surface area contributed by atoms with Gasteiger partial charge in [-0.05, 0) is 0 Å². The third-order valence-corrected chi connectivity index (χ3v) is 2.60. The molecular formula is C10H13NO4. The Bertz CT molecular complexity index is 364. The van der Waals surface area contributed by atoms with Gasteiger partial charge in [-0.1, -0.05) is 0 Å². The SMILES string of the molecule is Oc1cc(O)c(CC2(O)CNC2)c(O)c1. The lowest BCUT2D eigenvalue weighted by molar-refractivity contribution is -0.00990. The van der Waals surface area contributed by atoms with Crippen LogP contribution in [0.5, 0.6) is 17.2 Å². The van der Waals surface area contributed by atoms with Gasteiger partial charge in [0.05, 0.1) is 5.60 Å². The second-order valence-electron chi connectivity index (χ2n) is 3.97. The Morgan fingerprint density at radius 2 is 1.67 bits per heavy atom. The lowest BCUT2D eigenvalue weighted by atomic mass is 9.88. The van der Waals surface area contributed by atoms with Gasteiger partial charge in [0, 0.05) is 37.2 Å². The van der Waals surface area contributed by atoms with Crippen LogP contribution in [0, 0.1) is 0 Å². The number of aliphatic hydroxyl groups is 1. The Morgan fingerprint density at radius 3 is 2.07 bits per heavy atom. The molecule has 1 fully saturated rings. The standard InChI is InChI=1S/C10H13NO4/c12-6-1-8(13)7(9(14)2-6)3-10(15)4-11-5-10/h1-2,11-15H,3-5H2. The Labute approximate surface area is 86.6 Å². The van der Waals surface area contributed by atoms with Crippen LogP contribution in [-0.2, 0) is 6.42 Å². The number of hydrogen-bond acceptors (Lipinski definition) is 5. The molecule has 0 radical (unpaired) electrons. The summed E-state index contributed by atoms with van der Waals surface area (Å²) in [5.41, 5.74) is -0.650. The van der Waals surface area contributed by atoms with Gasteiger partial charge in [-0.2, -0.15) is 0 Å². The van der Waals surface area contributed by atoms with Crippen molar-refractivity contribution in [2.45, 2.75) is 12.0 Å². The molecule has 1 heterocycles. The molecule has 82 valence electrons. The molecule has 1 aromatic rings. The van der Waals surface area contributed by atoms with E-state index in [-0.39, 0.29) is 29.2 Å². The number of rotatable bonds is 2. The summed E-state index contributed by atoms with van der Waals surface area (Å²) in [7, 11) is 0. The zero-order valence-electron chi connectivity index (χ0n) is 8.06. The second-order valence-corrected chi connectivity index (χ2v) is 3.97. The largest absolute Gasteiger partial charge is 0.508 e. The highest BCUT2D eigenvalue weighted by Gasteiger charge is 2.35. The summed E-state index contributed by atoms with van der Waals surface area (Å²) in [6, 6.07) is 2.29. The molecule has 0 atom stereocenters. The number of phenolic OH excluding ortho intramolecular Hbond substituents is 3. The van der Waals surface area contributed by atoms with E-state index in [4.69, 9.17) is 5.11 Å². The lowest BCUT2D eigenvalue weighted by Crippen LogP contribution is -2.60. The van der Waals surface area contributed by atoms with Crippen LogP contribution in [0.25, 0.3) is 0 Å². The molecule has 5 nitrogen and oxygen atoms in total. The molecule has 0 bridgehead atoms. The molecule has 1 aromatic carbocycles. The van der Waals surface area contributed by atoms with Gasteiger partial charge >= 0.3 is 0 Å². The van der Waals surface area contributed by atoms with Gasteiger partial charge < -0.3 is 25.7 Å². The van der Waals surface area contributed by atoms with Crippen LogP contribution in [0.1, 0.15) is 5.56 Å². The van der Waals surface area contributed by atoms with Crippen LogP contribution >= 0.6 is 0 Å². The van der Waals surface area contributed by atoms with E-state index in [2.05, 4.69) is 5.32 Å². The number of β-amino-alcohol motifs (C(OH)–C–C–N with tert-alkyl or cyclic N) is 1. The van der Waals surface area contributed by atoms with Gasteiger partial charge in [-0.3, -0.25) is 0 Å². The van der Waals surface area contributed by atoms with E-state index in [1.165, 1.54) is 0 Å². The first-order valence-corrected chi connectivity index (χ1v) is 4.67. The zero-order chi connectivity index (χ0) is 11.1. The highest BCUT2D eigenvalue weighted by atomic mass is 16.3. The highest BCUT2D eigenvalue weighted by molar-refractivity contribution is 5.49. The van der Waals surface area contributed by atoms with Crippen molar-refractivity contribution in [3.05, 3.63) is 17.7 Å². The summed E-state index contributed by atoms with van der Waals surface area (Å²) < 4.78 is 0. The van der Waals surface area contributed by atoms with Gasteiger partial charge in [-0.15, -0.1) is 0 Å². The molecule has 0 aliphatic carbocycles. The predicted molar refractivity (Wildman–Crippen MR) is 53.0 cm³/mol. The van der Waals surface area contributed by atoms with Crippen LogP contribution in [0.15, 0.2) is 12.1 Å². The van der Waals surface area contributed by atoms with Crippen molar-refractivity contribution in [3.63, 3.8) is 0 Å². The fraction of sp³-hybridized carbons (Fsp3) is 0.400. The number of benzene rings is 1. The predicted octanol–water partition coefficient (Wildman–Crippen LogP) is -0.320. The number of hydrogen-bond donors (Lipinski definition) is 5. The van der Waals surface area contributed by atoms with Gasteiger partial charge in [-0.25, -0.2) is 0 Å². The smallest absolute Gasteiger partial charge is 0.126 e. The third kappa shape index (κ3) is 1.84. The Hall–Kier alpha value is -1.46. The van der Waals surface area contributed by atoms with Crippen LogP contribution in [-0.4, -0.2) is 39.1 Å². The van der Waals surface area contributed by atoms with Gasteiger partial charge in [0.15, 0.2) is 0 Å².